The van der Waals surface area contributed by atoms with Gasteiger partial charge in [0.2, 0.25) is 0 Å². The molecule has 0 bridgehead atoms. The van der Waals surface area contributed by atoms with Crippen LogP contribution in [-0.2, 0) is 16.1 Å². The molecule has 1 heterocycles. The zero-order valence-corrected chi connectivity index (χ0v) is 11.1. The van der Waals surface area contributed by atoms with E-state index in [1.54, 1.807) is 0 Å². The zero-order valence-electron chi connectivity index (χ0n) is 11.1. The van der Waals surface area contributed by atoms with Gasteiger partial charge in [0.1, 0.15) is 0 Å². The molecule has 100 valence electrons. The van der Waals surface area contributed by atoms with Gasteiger partial charge in [-0.2, -0.15) is 0 Å². The number of benzene rings is 1. The lowest BCUT2D eigenvalue weighted by Gasteiger charge is -2.16. The van der Waals surface area contributed by atoms with Crippen LogP contribution in [-0.4, -0.2) is 31.9 Å². The Labute approximate surface area is 109 Å². The number of ether oxygens (including phenoxy) is 2. The van der Waals surface area contributed by atoms with Gasteiger partial charge in [-0.05, 0) is 25.3 Å². The molecule has 1 aliphatic rings. The van der Waals surface area contributed by atoms with E-state index in [0.29, 0.717) is 12.7 Å². The molecule has 2 rings (SSSR count). The largest absolute Gasteiger partial charge is 0.377 e. The maximum absolute atomic E-state index is 5.79. The fourth-order valence-electron chi connectivity index (χ4n) is 2.12. The molecule has 0 aliphatic carbocycles. The van der Waals surface area contributed by atoms with E-state index < -0.39 is 0 Å². The fraction of sp³-hybridized carbons (Fsp3) is 0.600. The average molecular weight is 249 g/mol. The summed E-state index contributed by atoms with van der Waals surface area (Å²) in [6.45, 7) is 5.53. The SMILES string of the molecule is CC(CNCC1CCCO1)OCc1ccccc1. The average Bonchev–Trinajstić information content (AvgIpc) is 2.91. The van der Waals surface area contributed by atoms with Crippen LogP contribution in [0.1, 0.15) is 25.3 Å². The van der Waals surface area contributed by atoms with Crippen LogP contribution in [0.2, 0.25) is 0 Å². The highest BCUT2D eigenvalue weighted by Gasteiger charge is 2.14. The van der Waals surface area contributed by atoms with Crippen molar-refractivity contribution in [2.75, 3.05) is 19.7 Å². The van der Waals surface area contributed by atoms with Crippen LogP contribution < -0.4 is 5.32 Å². The highest BCUT2D eigenvalue weighted by molar-refractivity contribution is 5.13. The Balaban J connectivity index is 1.56. The normalized spacial score (nSPS) is 21.1. The lowest BCUT2D eigenvalue weighted by molar-refractivity contribution is 0.0486. The summed E-state index contributed by atoms with van der Waals surface area (Å²) in [6.07, 6.45) is 3.02. The summed E-state index contributed by atoms with van der Waals surface area (Å²) in [5, 5.41) is 3.41. The van der Waals surface area contributed by atoms with E-state index in [1.165, 1.54) is 18.4 Å². The van der Waals surface area contributed by atoms with Crippen molar-refractivity contribution < 1.29 is 9.47 Å². The summed E-state index contributed by atoms with van der Waals surface area (Å²) < 4.78 is 11.4. The third kappa shape index (κ3) is 4.77. The van der Waals surface area contributed by atoms with E-state index in [0.717, 1.165) is 19.7 Å². The monoisotopic (exact) mass is 249 g/mol. The van der Waals surface area contributed by atoms with Crippen molar-refractivity contribution in [3.63, 3.8) is 0 Å². The van der Waals surface area contributed by atoms with Gasteiger partial charge in [-0.1, -0.05) is 30.3 Å². The van der Waals surface area contributed by atoms with E-state index in [2.05, 4.69) is 24.4 Å². The lowest BCUT2D eigenvalue weighted by atomic mass is 10.2. The molecule has 18 heavy (non-hydrogen) atoms. The molecule has 2 unspecified atom stereocenters. The Kier molecular flexibility index (Phi) is 5.65. The second-order valence-corrected chi connectivity index (χ2v) is 4.90. The van der Waals surface area contributed by atoms with Crippen LogP contribution in [0.5, 0.6) is 0 Å². The first kappa shape index (κ1) is 13.5. The maximum Gasteiger partial charge on any atom is 0.0721 e. The predicted octanol–water partition coefficient (Wildman–Crippen LogP) is 2.36. The Bertz CT molecular complexity index is 323. The van der Waals surface area contributed by atoms with Gasteiger partial charge in [-0.25, -0.2) is 0 Å². The van der Waals surface area contributed by atoms with Gasteiger partial charge in [0.05, 0.1) is 18.8 Å². The molecule has 1 aromatic carbocycles. The van der Waals surface area contributed by atoms with Crippen LogP contribution in [0.3, 0.4) is 0 Å². The van der Waals surface area contributed by atoms with Crippen LogP contribution in [0.15, 0.2) is 30.3 Å². The summed E-state index contributed by atoms with van der Waals surface area (Å²) >= 11 is 0. The summed E-state index contributed by atoms with van der Waals surface area (Å²) in [5.74, 6) is 0. The lowest BCUT2D eigenvalue weighted by Crippen LogP contribution is -2.32. The van der Waals surface area contributed by atoms with Crippen LogP contribution >= 0.6 is 0 Å². The molecule has 1 fully saturated rings. The van der Waals surface area contributed by atoms with Gasteiger partial charge in [0, 0.05) is 19.7 Å². The number of hydrogen-bond acceptors (Lipinski definition) is 3. The number of rotatable bonds is 7. The first-order valence-electron chi connectivity index (χ1n) is 6.82. The first-order valence-corrected chi connectivity index (χ1v) is 6.82. The van der Waals surface area contributed by atoms with Crippen molar-refractivity contribution in [2.24, 2.45) is 0 Å². The highest BCUT2D eigenvalue weighted by atomic mass is 16.5. The van der Waals surface area contributed by atoms with E-state index in [-0.39, 0.29) is 6.10 Å². The predicted molar refractivity (Wildman–Crippen MR) is 72.5 cm³/mol. The Morgan fingerprint density at radius 2 is 2.22 bits per heavy atom. The molecule has 3 heteroatoms. The topological polar surface area (TPSA) is 30.5 Å². The van der Waals surface area contributed by atoms with E-state index in [1.807, 2.05) is 18.2 Å². The minimum Gasteiger partial charge on any atom is -0.377 e. The molecule has 2 atom stereocenters. The third-order valence-electron chi connectivity index (χ3n) is 3.21. The number of nitrogens with one attached hydrogen (secondary N) is 1. The van der Waals surface area contributed by atoms with E-state index in [9.17, 15) is 0 Å². The van der Waals surface area contributed by atoms with Gasteiger partial charge >= 0.3 is 0 Å². The molecule has 1 aliphatic heterocycles. The highest BCUT2D eigenvalue weighted by Crippen LogP contribution is 2.10. The fourth-order valence-corrected chi connectivity index (χ4v) is 2.12. The van der Waals surface area contributed by atoms with Gasteiger partial charge in [-0.15, -0.1) is 0 Å². The standard InChI is InChI=1S/C15H23NO2/c1-13(10-16-11-15-8-5-9-17-15)18-12-14-6-3-2-4-7-14/h2-4,6-7,13,15-16H,5,8-12H2,1H3. The van der Waals surface area contributed by atoms with E-state index in [4.69, 9.17) is 9.47 Å². The van der Waals surface area contributed by atoms with Crippen molar-refractivity contribution in [1.29, 1.82) is 0 Å². The molecular formula is C15H23NO2. The van der Waals surface area contributed by atoms with Crippen molar-refractivity contribution in [3.8, 4) is 0 Å². The molecule has 1 N–H and O–H groups in total. The van der Waals surface area contributed by atoms with Crippen molar-refractivity contribution in [2.45, 2.75) is 38.6 Å². The molecule has 0 saturated carbocycles. The van der Waals surface area contributed by atoms with Crippen LogP contribution in [0, 0.1) is 0 Å². The van der Waals surface area contributed by atoms with Crippen LogP contribution in [0.25, 0.3) is 0 Å². The molecule has 1 saturated heterocycles. The summed E-state index contributed by atoms with van der Waals surface area (Å²) in [4.78, 5) is 0. The van der Waals surface area contributed by atoms with Crippen LogP contribution in [0.4, 0.5) is 0 Å². The molecule has 0 amide bonds. The maximum atomic E-state index is 5.79. The first-order chi connectivity index (χ1) is 8.84. The molecular weight excluding hydrogens is 226 g/mol. The summed E-state index contributed by atoms with van der Waals surface area (Å²) in [7, 11) is 0. The van der Waals surface area contributed by atoms with Gasteiger partial charge in [-0.3, -0.25) is 0 Å². The smallest absolute Gasteiger partial charge is 0.0721 e. The van der Waals surface area contributed by atoms with Gasteiger partial charge in [0.25, 0.3) is 0 Å². The second-order valence-electron chi connectivity index (χ2n) is 4.90. The van der Waals surface area contributed by atoms with Crippen molar-refractivity contribution in [1.82, 2.24) is 5.32 Å². The van der Waals surface area contributed by atoms with Gasteiger partial charge in [0.15, 0.2) is 0 Å². The number of hydrogen-bond donors (Lipinski definition) is 1. The molecule has 1 aromatic rings. The Morgan fingerprint density at radius 3 is 2.94 bits per heavy atom. The Hall–Kier alpha value is -0.900. The summed E-state index contributed by atoms with van der Waals surface area (Å²) in [6, 6.07) is 10.3. The minimum absolute atomic E-state index is 0.228. The van der Waals surface area contributed by atoms with Gasteiger partial charge < -0.3 is 14.8 Å². The molecule has 0 spiro atoms. The molecule has 3 nitrogen and oxygen atoms in total. The minimum atomic E-state index is 0.228. The third-order valence-corrected chi connectivity index (χ3v) is 3.21. The van der Waals surface area contributed by atoms with E-state index >= 15 is 0 Å². The quantitative estimate of drug-likeness (QED) is 0.804. The summed E-state index contributed by atoms with van der Waals surface area (Å²) in [5.41, 5.74) is 1.23. The molecule has 0 radical (unpaired) electrons. The van der Waals surface area contributed by atoms with Crippen molar-refractivity contribution in [3.05, 3.63) is 35.9 Å². The Morgan fingerprint density at radius 1 is 1.39 bits per heavy atom. The second kappa shape index (κ2) is 7.52. The molecule has 0 aromatic heterocycles. The van der Waals surface area contributed by atoms with Crippen molar-refractivity contribution >= 4 is 0 Å². The zero-order chi connectivity index (χ0) is 12.6.